The summed E-state index contributed by atoms with van der Waals surface area (Å²) in [5.41, 5.74) is -0.439. The van der Waals surface area contributed by atoms with Crippen LogP contribution in [0, 0.1) is 5.41 Å². The lowest BCUT2D eigenvalue weighted by Gasteiger charge is -1.96. The zero-order valence-corrected chi connectivity index (χ0v) is 6.98. The summed E-state index contributed by atoms with van der Waals surface area (Å²) in [5, 5.41) is 7.13. The van der Waals surface area contributed by atoms with Gasteiger partial charge in [0.2, 0.25) is 5.62 Å². The number of aromatic amines is 2. The van der Waals surface area contributed by atoms with Gasteiger partial charge in [-0.15, -0.1) is 0 Å². The van der Waals surface area contributed by atoms with Gasteiger partial charge in [-0.1, -0.05) is 13.3 Å². The fourth-order valence-corrected chi connectivity index (χ4v) is 0.923. The second-order valence-electron chi connectivity index (χ2n) is 2.59. The van der Waals surface area contributed by atoms with Crippen molar-refractivity contribution < 1.29 is 0 Å². The zero-order valence-electron chi connectivity index (χ0n) is 6.98. The molecule has 1 aromatic rings. The van der Waals surface area contributed by atoms with Crippen LogP contribution in [-0.4, -0.2) is 15.0 Å². The molecule has 0 aliphatic carbocycles. The Labute approximate surface area is 69.4 Å². The van der Waals surface area contributed by atoms with Crippen LogP contribution in [0.15, 0.2) is 4.79 Å². The van der Waals surface area contributed by atoms with Crippen molar-refractivity contribution in [2.24, 2.45) is 0 Å². The molecule has 1 heterocycles. The van der Waals surface area contributed by atoms with Gasteiger partial charge in [0, 0.05) is 6.42 Å². The first-order valence-electron chi connectivity index (χ1n) is 3.96. The number of aryl methyl sites for hydroxylation is 1. The molecule has 66 valence electrons. The fraction of sp³-hybridized carbons (Fsp3) is 0.571. The van der Waals surface area contributed by atoms with Crippen LogP contribution in [0.1, 0.15) is 25.6 Å². The summed E-state index contributed by atoms with van der Waals surface area (Å²) in [4.78, 5) is 19.4. The first-order chi connectivity index (χ1) is 5.72. The first-order valence-corrected chi connectivity index (χ1v) is 3.96. The summed E-state index contributed by atoms with van der Waals surface area (Å²) >= 11 is 0. The number of aromatic nitrogens is 3. The highest BCUT2D eigenvalue weighted by Gasteiger charge is 1.94. The fourth-order valence-electron chi connectivity index (χ4n) is 0.923. The number of hydrogen-bond donors (Lipinski definition) is 3. The lowest BCUT2D eigenvalue weighted by atomic mass is 10.2. The predicted molar refractivity (Wildman–Crippen MR) is 43.7 cm³/mol. The number of hydrogen-bond acceptors (Lipinski definition) is 3. The minimum Gasteiger partial charge on any atom is -0.295 e. The molecule has 0 spiro atoms. The lowest BCUT2D eigenvalue weighted by molar-refractivity contribution is 0.716. The Morgan fingerprint density at radius 1 is 1.50 bits per heavy atom. The minimum atomic E-state index is -0.360. The molecule has 0 atom stereocenters. The van der Waals surface area contributed by atoms with Crippen molar-refractivity contribution in [1.29, 1.82) is 5.41 Å². The van der Waals surface area contributed by atoms with Crippen LogP contribution in [0.4, 0.5) is 0 Å². The number of nitrogens with one attached hydrogen (secondary N) is 3. The number of nitrogens with zero attached hydrogens (tertiary/aromatic N) is 1. The van der Waals surface area contributed by atoms with Crippen LogP contribution in [0.25, 0.3) is 0 Å². The molecule has 1 rings (SSSR count). The van der Waals surface area contributed by atoms with Gasteiger partial charge in [0.1, 0.15) is 5.82 Å². The topological polar surface area (TPSA) is 85.4 Å². The maximum Gasteiger partial charge on any atom is 0.326 e. The van der Waals surface area contributed by atoms with Crippen LogP contribution in [0.2, 0.25) is 0 Å². The summed E-state index contributed by atoms with van der Waals surface area (Å²) in [7, 11) is 0. The van der Waals surface area contributed by atoms with E-state index in [0.717, 1.165) is 19.3 Å². The van der Waals surface area contributed by atoms with Crippen molar-refractivity contribution >= 4 is 0 Å². The van der Waals surface area contributed by atoms with Crippen molar-refractivity contribution in [2.45, 2.75) is 26.2 Å². The van der Waals surface area contributed by atoms with Gasteiger partial charge in [-0.05, 0) is 6.42 Å². The second-order valence-corrected chi connectivity index (χ2v) is 2.59. The van der Waals surface area contributed by atoms with E-state index in [-0.39, 0.29) is 11.3 Å². The number of rotatable bonds is 3. The number of H-pyrrole nitrogens is 2. The van der Waals surface area contributed by atoms with E-state index >= 15 is 0 Å². The van der Waals surface area contributed by atoms with Gasteiger partial charge in [-0.25, -0.2) is 4.79 Å². The molecular weight excluding hydrogens is 156 g/mol. The monoisotopic (exact) mass is 168 g/mol. The van der Waals surface area contributed by atoms with E-state index < -0.39 is 0 Å². The molecule has 0 radical (unpaired) electrons. The summed E-state index contributed by atoms with van der Waals surface area (Å²) in [6.45, 7) is 2.06. The molecule has 0 aliphatic rings. The average Bonchev–Trinajstić information content (AvgIpc) is 1.99. The Bertz CT molecular complexity index is 323. The molecule has 3 N–H and O–H groups in total. The van der Waals surface area contributed by atoms with Crippen molar-refractivity contribution in [1.82, 2.24) is 15.0 Å². The van der Waals surface area contributed by atoms with E-state index in [1.54, 1.807) is 0 Å². The van der Waals surface area contributed by atoms with E-state index in [9.17, 15) is 4.79 Å². The van der Waals surface area contributed by atoms with Gasteiger partial charge < -0.3 is 0 Å². The second kappa shape index (κ2) is 3.85. The molecule has 0 amide bonds. The van der Waals surface area contributed by atoms with Crippen LogP contribution >= 0.6 is 0 Å². The third-order valence-electron chi connectivity index (χ3n) is 1.50. The SMILES string of the molecule is CCCCc1nc(=N)[nH]c(=O)[nH]1. The highest BCUT2D eigenvalue weighted by molar-refractivity contribution is 4.80. The molecule has 0 saturated carbocycles. The molecule has 0 aromatic carbocycles. The Balaban J connectivity index is 2.86. The largest absolute Gasteiger partial charge is 0.326 e. The van der Waals surface area contributed by atoms with Crippen LogP contribution in [-0.2, 0) is 6.42 Å². The third kappa shape index (κ3) is 2.34. The summed E-state index contributed by atoms with van der Waals surface area (Å²) < 4.78 is 0. The first kappa shape index (κ1) is 8.70. The third-order valence-corrected chi connectivity index (χ3v) is 1.50. The van der Waals surface area contributed by atoms with Crippen LogP contribution in [0.5, 0.6) is 0 Å². The maximum absolute atomic E-state index is 10.8. The van der Waals surface area contributed by atoms with E-state index in [4.69, 9.17) is 5.41 Å². The van der Waals surface area contributed by atoms with E-state index in [2.05, 4.69) is 21.9 Å². The van der Waals surface area contributed by atoms with Crippen molar-refractivity contribution in [3.63, 3.8) is 0 Å². The van der Waals surface area contributed by atoms with Gasteiger partial charge in [-0.2, -0.15) is 4.98 Å². The Morgan fingerprint density at radius 3 is 2.83 bits per heavy atom. The quantitative estimate of drug-likeness (QED) is 0.589. The summed E-state index contributed by atoms with van der Waals surface area (Å²) in [6, 6.07) is 0. The summed E-state index contributed by atoms with van der Waals surface area (Å²) in [5.74, 6) is 0.589. The van der Waals surface area contributed by atoms with Crippen molar-refractivity contribution in [3.05, 3.63) is 21.9 Å². The smallest absolute Gasteiger partial charge is 0.295 e. The Kier molecular flexibility index (Phi) is 2.79. The Hall–Kier alpha value is -1.39. The highest BCUT2D eigenvalue weighted by atomic mass is 16.1. The molecule has 5 nitrogen and oxygen atoms in total. The van der Waals surface area contributed by atoms with Gasteiger partial charge in [-0.3, -0.25) is 15.4 Å². The van der Waals surface area contributed by atoms with E-state index in [1.165, 1.54) is 0 Å². The molecule has 0 aliphatic heterocycles. The molecule has 0 saturated heterocycles. The minimum absolute atomic E-state index is 0.0788. The number of unbranched alkanes of at least 4 members (excludes halogenated alkanes) is 1. The maximum atomic E-state index is 10.8. The molecule has 1 aromatic heterocycles. The summed E-state index contributed by atoms with van der Waals surface area (Å²) in [6.07, 6.45) is 2.76. The van der Waals surface area contributed by atoms with Gasteiger partial charge in [0.15, 0.2) is 0 Å². The van der Waals surface area contributed by atoms with Crippen molar-refractivity contribution in [2.75, 3.05) is 0 Å². The van der Waals surface area contributed by atoms with Gasteiger partial charge >= 0.3 is 5.69 Å². The average molecular weight is 168 g/mol. The normalized spacial score (nSPS) is 10.1. The highest BCUT2D eigenvalue weighted by Crippen LogP contribution is 1.93. The standard InChI is InChI=1S/C7H12N4O/c1-2-3-4-5-9-6(8)11-7(12)10-5/h2-4H2,1H3,(H3,8,9,10,11,12). The molecule has 0 unspecified atom stereocenters. The van der Waals surface area contributed by atoms with Crippen LogP contribution in [0.3, 0.4) is 0 Å². The van der Waals surface area contributed by atoms with Crippen molar-refractivity contribution in [3.8, 4) is 0 Å². The van der Waals surface area contributed by atoms with E-state index in [0.29, 0.717) is 5.82 Å². The van der Waals surface area contributed by atoms with Gasteiger partial charge in [0.05, 0.1) is 0 Å². The predicted octanol–water partition coefficient (Wildman–Crippen LogP) is -0.0799. The molecule has 5 heteroatoms. The van der Waals surface area contributed by atoms with Gasteiger partial charge in [0.25, 0.3) is 0 Å². The Morgan fingerprint density at radius 2 is 2.25 bits per heavy atom. The van der Waals surface area contributed by atoms with Crippen LogP contribution < -0.4 is 11.3 Å². The lowest BCUT2D eigenvalue weighted by Crippen LogP contribution is -2.27. The van der Waals surface area contributed by atoms with E-state index in [1.807, 2.05) is 0 Å². The molecule has 0 fully saturated rings. The molecule has 0 bridgehead atoms. The molecule has 12 heavy (non-hydrogen) atoms. The zero-order chi connectivity index (χ0) is 8.97. The molecular formula is C7H12N4O.